The summed E-state index contributed by atoms with van der Waals surface area (Å²) in [5.41, 5.74) is 2.96. The van der Waals surface area contributed by atoms with E-state index in [1.807, 2.05) is 24.3 Å². The number of allylic oxidation sites excluding steroid dienone is 2. The molecule has 0 fully saturated rings. The zero-order chi connectivity index (χ0) is 22.1. The van der Waals surface area contributed by atoms with Crippen molar-refractivity contribution in [3.63, 3.8) is 0 Å². The number of Topliss-reactive ketones (excluding diaryl/α,β-unsaturated/α-hetero) is 1. The highest BCUT2D eigenvalue weighted by Crippen LogP contribution is 2.45. The summed E-state index contributed by atoms with van der Waals surface area (Å²) in [5.74, 6) is 0.219. The molecule has 1 heterocycles. The van der Waals surface area contributed by atoms with Gasteiger partial charge >= 0.3 is 0 Å². The maximum absolute atomic E-state index is 13.3. The Morgan fingerprint density at radius 1 is 1.13 bits per heavy atom. The zero-order valence-electron chi connectivity index (χ0n) is 17.4. The van der Waals surface area contributed by atoms with Crippen molar-refractivity contribution in [2.24, 2.45) is 0 Å². The highest BCUT2D eigenvalue weighted by Gasteiger charge is 2.38. The molecule has 2 unspecified atom stereocenters. The Morgan fingerprint density at radius 2 is 1.94 bits per heavy atom. The predicted octanol–water partition coefficient (Wildman–Crippen LogP) is 4.46. The number of aromatic hydroxyl groups is 1. The van der Waals surface area contributed by atoms with Crippen LogP contribution in [0.5, 0.6) is 17.2 Å². The van der Waals surface area contributed by atoms with Gasteiger partial charge in [0.2, 0.25) is 5.91 Å². The number of hydrogen-bond acceptors (Lipinski definition) is 5. The lowest BCUT2D eigenvalue weighted by atomic mass is 9.73. The van der Waals surface area contributed by atoms with Crippen molar-refractivity contribution in [2.75, 3.05) is 13.7 Å². The van der Waals surface area contributed by atoms with E-state index in [1.54, 1.807) is 26.2 Å². The molecule has 0 saturated carbocycles. The third kappa shape index (κ3) is 4.12. The van der Waals surface area contributed by atoms with Crippen LogP contribution in [0.1, 0.15) is 49.1 Å². The Morgan fingerprint density at radius 3 is 2.68 bits per heavy atom. The maximum Gasteiger partial charge on any atom is 0.225 e. The molecule has 7 heteroatoms. The molecule has 0 saturated heterocycles. The SMILES string of the molecule is CCOc1cc(C2CC(=O)NC3=C2C(=O)CC(c2cccc(OC)c2)C3)cc(Cl)c1O. The molecule has 0 spiro atoms. The highest BCUT2D eigenvalue weighted by atomic mass is 35.5. The van der Waals surface area contributed by atoms with E-state index in [0.717, 1.165) is 11.3 Å². The standard InChI is InChI=1S/C24H24ClNO5/c1-3-31-21-11-15(8-18(25)24(21)29)17-12-22(28)26-19-9-14(10-20(27)23(17)19)13-5-4-6-16(7-13)30-2/h4-8,11,14,17,29H,3,9-10,12H2,1-2H3,(H,26,28). The number of halogens is 1. The number of rotatable bonds is 5. The van der Waals surface area contributed by atoms with E-state index >= 15 is 0 Å². The largest absolute Gasteiger partial charge is 0.503 e. The van der Waals surface area contributed by atoms with Gasteiger partial charge in [0.25, 0.3) is 0 Å². The summed E-state index contributed by atoms with van der Waals surface area (Å²) in [6.07, 6.45) is 1.05. The fourth-order valence-electron chi connectivity index (χ4n) is 4.44. The molecular formula is C24H24ClNO5. The molecule has 6 nitrogen and oxygen atoms in total. The number of methoxy groups -OCH3 is 1. The van der Waals surface area contributed by atoms with Gasteiger partial charge < -0.3 is 19.9 Å². The minimum absolute atomic E-state index is 0.00114. The number of ether oxygens (including phenoxy) is 2. The van der Waals surface area contributed by atoms with Crippen LogP contribution in [0, 0.1) is 0 Å². The van der Waals surface area contributed by atoms with Gasteiger partial charge in [-0.05, 0) is 54.7 Å². The van der Waals surface area contributed by atoms with Crippen LogP contribution < -0.4 is 14.8 Å². The van der Waals surface area contributed by atoms with Crippen molar-refractivity contribution >= 4 is 23.3 Å². The normalized spacial score (nSPS) is 20.9. The summed E-state index contributed by atoms with van der Waals surface area (Å²) in [6.45, 7) is 2.16. The van der Waals surface area contributed by atoms with Crippen LogP contribution in [0.3, 0.4) is 0 Å². The predicted molar refractivity (Wildman–Crippen MR) is 117 cm³/mol. The Hall–Kier alpha value is -2.99. The number of amides is 1. The monoisotopic (exact) mass is 441 g/mol. The number of nitrogens with one attached hydrogen (secondary N) is 1. The molecule has 31 heavy (non-hydrogen) atoms. The number of carbonyl (C=O) groups is 2. The highest BCUT2D eigenvalue weighted by molar-refractivity contribution is 6.32. The Labute approximate surface area is 185 Å². The van der Waals surface area contributed by atoms with Crippen molar-refractivity contribution < 1.29 is 24.2 Å². The summed E-state index contributed by atoms with van der Waals surface area (Å²) in [6, 6.07) is 10.9. The minimum Gasteiger partial charge on any atom is -0.503 e. The molecule has 2 atom stereocenters. The summed E-state index contributed by atoms with van der Waals surface area (Å²) < 4.78 is 10.8. The number of carbonyl (C=O) groups excluding carboxylic acids is 2. The molecule has 0 aromatic heterocycles. The number of ketones is 1. The first-order valence-electron chi connectivity index (χ1n) is 10.3. The zero-order valence-corrected chi connectivity index (χ0v) is 18.2. The second-order valence-corrected chi connectivity index (χ2v) is 8.19. The average Bonchev–Trinajstić information content (AvgIpc) is 2.76. The van der Waals surface area contributed by atoms with E-state index in [4.69, 9.17) is 21.1 Å². The van der Waals surface area contributed by atoms with Gasteiger partial charge in [-0.1, -0.05) is 23.7 Å². The summed E-state index contributed by atoms with van der Waals surface area (Å²) in [5, 5.41) is 13.2. The molecule has 2 aliphatic rings. The molecule has 1 amide bonds. The lowest BCUT2D eigenvalue weighted by Crippen LogP contribution is -2.38. The van der Waals surface area contributed by atoms with E-state index in [9.17, 15) is 14.7 Å². The molecule has 0 radical (unpaired) electrons. The topological polar surface area (TPSA) is 84.9 Å². The first-order valence-corrected chi connectivity index (χ1v) is 10.6. The van der Waals surface area contributed by atoms with Gasteiger partial charge in [0.15, 0.2) is 17.3 Å². The third-order valence-corrected chi connectivity index (χ3v) is 6.14. The Kier molecular flexibility index (Phi) is 5.92. The van der Waals surface area contributed by atoms with E-state index in [-0.39, 0.29) is 40.6 Å². The molecule has 2 N–H and O–H groups in total. The van der Waals surface area contributed by atoms with Gasteiger partial charge in [-0.3, -0.25) is 9.59 Å². The van der Waals surface area contributed by atoms with Crippen LogP contribution in [0.2, 0.25) is 5.02 Å². The Bertz CT molecular complexity index is 1080. The van der Waals surface area contributed by atoms with Crippen LogP contribution in [0.4, 0.5) is 0 Å². The molecular weight excluding hydrogens is 418 g/mol. The van der Waals surface area contributed by atoms with Gasteiger partial charge in [0, 0.05) is 30.0 Å². The molecule has 1 aliphatic heterocycles. The number of phenols is 1. The molecule has 4 rings (SSSR count). The van der Waals surface area contributed by atoms with E-state index in [1.165, 1.54) is 0 Å². The minimum atomic E-state index is -0.431. The van der Waals surface area contributed by atoms with Crippen molar-refractivity contribution in [3.05, 3.63) is 63.8 Å². The fraction of sp³-hybridized carbons (Fsp3) is 0.333. The van der Waals surface area contributed by atoms with E-state index < -0.39 is 5.92 Å². The summed E-state index contributed by atoms with van der Waals surface area (Å²) in [4.78, 5) is 25.8. The summed E-state index contributed by atoms with van der Waals surface area (Å²) >= 11 is 6.21. The fourth-order valence-corrected chi connectivity index (χ4v) is 4.66. The maximum atomic E-state index is 13.3. The molecule has 2 aromatic rings. The smallest absolute Gasteiger partial charge is 0.225 e. The van der Waals surface area contributed by atoms with Crippen LogP contribution >= 0.6 is 11.6 Å². The summed E-state index contributed by atoms with van der Waals surface area (Å²) in [7, 11) is 1.61. The van der Waals surface area contributed by atoms with Crippen LogP contribution in [0.25, 0.3) is 0 Å². The third-order valence-electron chi connectivity index (χ3n) is 5.85. The first-order chi connectivity index (χ1) is 14.9. The van der Waals surface area contributed by atoms with Gasteiger partial charge in [0.1, 0.15) is 5.75 Å². The van der Waals surface area contributed by atoms with Crippen molar-refractivity contribution in [1.29, 1.82) is 0 Å². The van der Waals surface area contributed by atoms with Crippen molar-refractivity contribution in [3.8, 4) is 17.2 Å². The molecule has 1 aliphatic carbocycles. The lowest BCUT2D eigenvalue weighted by Gasteiger charge is -2.34. The van der Waals surface area contributed by atoms with Gasteiger partial charge in [0.05, 0.1) is 18.7 Å². The van der Waals surface area contributed by atoms with Gasteiger partial charge in [-0.15, -0.1) is 0 Å². The average molecular weight is 442 g/mol. The van der Waals surface area contributed by atoms with Gasteiger partial charge in [-0.25, -0.2) is 0 Å². The molecule has 0 bridgehead atoms. The van der Waals surface area contributed by atoms with Crippen molar-refractivity contribution in [1.82, 2.24) is 5.32 Å². The number of phenolic OH excluding ortho intramolecular Hbond substituents is 1. The Balaban J connectivity index is 1.72. The molecule has 162 valence electrons. The quantitative estimate of drug-likeness (QED) is 0.715. The molecule has 2 aromatic carbocycles. The van der Waals surface area contributed by atoms with Gasteiger partial charge in [-0.2, -0.15) is 0 Å². The lowest BCUT2D eigenvalue weighted by molar-refractivity contribution is -0.122. The van der Waals surface area contributed by atoms with E-state index in [0.29, 0.717) is 36.3 Å². The number of hydrogen-bond donors (Lipinski definition) is 2. The van der Waals surface area contributed by atoms with Crippen LogP contribution in [0.15, 0.2) is 47.7 Å². The second-order valence-electron chi connectivity index (χ2n) is 7.78. The second kappa shape index (κ2) is 8.63. The van der Waals surface area contributed by atoms with Crippen molar-refractivity contribution in [2.45, 2.75) is 38.0 Å². The van der Waals surface area contributed by atoms with E-state index in [2.05, 4.69) is 5.32 Å². The number of benzene rings is 2. The first kappa shape index (κ1) is 21.2. The van der Waals surface area contributed by atoms with Crippen LogP contribution in [-0.2, 0) is 9.59 Å². The van der Waals surface area contributed by atoms with Crippen LogP contribution in [-0.4, -0.2) is 30.5 Å².